The van der Waals surface area contributed by atoms with Crippen LogP contribution >= 0.6 is 0 Å². The second-order valence-electron chi connectivity index (χ2n) is 6.15. The molecule has 0 spiro atoms. The third-order valence-electron chi connectivity index (χ3n) is 4.12. The van der Waals surface area contributed by atoms with Crippen LogP contribution in [0, 0.1) is 0 Å². The van der Waals surface area contributed by atoms with Gasteiger partial charge in [0.2, 0.25) is 5.91 Å². The van der Waals surface area contributed by atoms with Gasteiger partial charge in [0.1, 0.15) is 11.6 Å². The summed E-state index contributed by atoms with van der Waals surface area (Å²) in [6.45, 7) is 0. The number of ether oxygens (including phenoxy) is 1. The minimum Gasteiger partial charge on any atom is -0.497 e. The first kappa shape index (κ1) is 19.1. The number of aryl methyl sites for hydroxylation is 1. The molecule has 0 fully saturated rings. The molecule has 0 aliphatic rings. The Morgan fingerprint density at radius 1 is 0.929 bits per heavy atom. The molecule has 0 saturated heterocycles. The number of benzene rings is 2. The van der Waals surface area contributed by atoms with Crippen LogP contribution in [0.25, 0.3) is 0 Å². The van der Waals surface area contributed by atoms with Crippen molar-refractivity contribution < 1.29 is 14.3 Å². The minimum absolute atomic E-state index is 0.0827. The van der Waals surface area contributed by atoms with Gasteiger partial charge in [-0.25, -0.2) is 4.98 Å². The Morgan fingerprint density at radius 3 is 2.32 bits per heavy atom. The highest BCUT2D eigenvalue weighted by atomic mass is 16.5. The highest BCUT2D eigenvalue weighted by Crippen LogP contribution is 2.14. The molecule has 0 bridgehead atoms. The number of nitrogens with one attached hydrogen (secondary N) is 2. The molecule has 1 heterocycles. The predicted octanol–water partition coefficient (Wildman–Crippen LogP) is 3.91. The summed E-state index contributed by atoms with van der Waals surface area (Å²) in [4.78, 5) is 28.5. The SMILES string of the molecule is COc1ccc(C(=O)Nc2ccc(NC(=O)CCc3ccccc3)cn2)cc1. The number of rotatable bonds is 7. The van der Waals surface area contributed by atoms with Crippen LogP contribution in [0.2, 0.25) is 0 Å². The number of amides is 2. The molecule has 28 heavy (non-hydrogen) atoms. The Bertz CT molecular complexity index is 924. The summed E-state index contributed by atoms with van der Waals surface area (Å²) in [6, 6.07) is 20.0. The Balaban J connectivity index is 1.51. The zero-order chi connectivity index (χ0) is 19.8. The summed E-state index contributed by atoms with van der Waals surface area (Å²) in [6.07, 6.45) is 2.58. The van der Waals surface area contributed by atoms with Gasteiger partial charge in [0.15, 0.2) is 0 Å². The van der Waals surface area contributed by atoms with E-state index in [-0.39, 0.29) is 11.8 Å². The molecule has 0 radical (unpaired) electrons. The quantitative estimate of drug-likeness (QED) is 0.656. The number of methoxy groups -OCH3 is 1. The van der Waals surface area contributed by atoms with Crippen LogP contribution in [0.1, 0.15) is 22.3 Å². The molecular formula is C22H21N3O3. The third kappa shape index (κ3) is 5.41. The van der Waals surface area contributed by atoms with E-state index in [1.165, 1.54) is 6.20 Å². The molecule has 0 aliphatic carbocycles. The van der Waals surface area contributed by atoms with E-state index in [9.17, 15) is 9.59 Å². The van der Waals surface area contributed by atoms with Crippen molar-refractivity contribution in [2.24, 2.45) is 0 Å². The lowest BCUT2D eigenvalue weighted by Gasteiger charge is -2.08. The molecule has 6 nitrogen and oxygen atoms in total. The summed E-state index contributed by atoms with van der Waals surface area (Å²) >= 11 is 0. The number of hydrogen-bond acceptors (Lipinski definition) is 4. The van der Waals surface area contributed by atoms with Crippen LogP contribution in [0.15, 0.2) is 72.9 Å². The summed E-state index contributed by atoms with van der Waals surface area (Å²) < 4.78 is 5.08. The van der Waals surface area contributed by atoms with Gasteiger partial charge in [-0.3, -0.25) is 9.59 Å². The fraction of sp³-hybridized carbons (Fsp3) is 0.136. The van der Waals surface area contributed by atoms with E-state index in [0.29, 0.717) is 35.7 Å². The third-order valence-corrected chi connectivity index (χ3v) is 4.12. The van der Waals surface area contributed by atoms with Gasteiger partial charge in [-0.15, -0.1) is 0 Å². The highest BCUT2D eigenvalue weighted by Gasteiger charge is 2.08. The first-order valence-electron chi connectivity index (χ1n) is 8.89. The maximum Gasteiger partial charge on any atom is 0.256 e. The standard InChI is InChI=1S/C22H21N3O3/c1-28-19-11-8-17(9-12-19)22(27)25-20-13-10-18(15-23-20)24-21(26)14-7-16-5-3-2-4-6-16/h2-6,8-13,15H,7,14H2,1H3,(H,24,26)(H,23,25,27). The van der Waals surface area contributed by atoms with Crippen molar-refractivity contribution in [1.82, 2.24) is 4.98 Å². The van der Waals surface area contributed by atoms with E-state index in [2.05, 4.69) is 15.6 Å². The molecule has 0 saturated carbocycles. The first-order valence-corrected chi connectivity index (χ1v) is 8.89. The molecule has 3 rings (SSSR count). The Kier molecular flexibility index (Phi) is 6.36. The normalized spacial score (nSPS) is 10.2. The topological polar surface area (TPSA) is 80.3 Å². The van der Waals surface area contributed by atoms with Crippen LogP contribution in [0.4, 0.5) is 11.5 Å². The van der Waals surface area contributed by atoms with E-state index in [4.69, 9.17) is 4.74 Å². The summed E-state index contributed by atoms with van der Waals surface area (Å²) in [5, 5.41) is 5.53. The van der Waals surface area contributed by atoms with Gasteiger partial charge in [-0.05, 0) is 48.4 Å². The van der Waals surface area contributed by atoms with E-state index in [0.717, 1.165) is 5.56 Å². The molecule has 142 valence electrons. The maximum atomic E-state index is 12.2. The van der Waals surface area contributed by atoms with Crippen LogP contribution in [0.5, 0.6) is 5.75 Å². The largest absolute Gasteiger partial charge is 0.497 e. The van der Waals surface area contributed by atoms with Gasteiger partial charge < -0.3 is 15.4 Å². The molecule has 0 aliphatic heterocycles. The van der Waals surface area contributed by atoms with Crippen molar-refractivity contribution >= 4 is 23.3 Å². The fourth-order valence-corrected chi connectivity index (χ4v) is 2.60. The van der Waals surface area contributed by atoms with Crippen molar-refractivity contribution in [2.45, 2.75) is 12.8 Å². The van der Waals surface area contributed by atoms with Crippen LogP contribution in [-0.4, -0.2) is 23.9 Å². The van der Waals surface area contributed by atoms with Crippen molar-refractivity contribution in [2.75, 3.05) is 17.7 Å². The van der Waals surface area contributed by atoms with Gasteiger partial charge in [0.25, 0.3) is 5.91 Å². The maximum absolute atomic E-state index is 12.2. The monoisotopic (exact) mass is 375 g/mol. The van der Waals surface area contributed by atoms with Gasteiger partial charge in [0.05, 0.1) is 19.0 Å². The van der Waals surface area contributed by atoms with Gasteiger partial charge in [-0.1, -0.05) is 30.3 Å². The lowest BCUT2D eigenvalue weighted by molar-refractivity contribution is -0.116. The Hall–Kier alpha value is -3.67. The number of anilines is 2. The average Bonchev–Trinajstić information content (AvgIpc) is 2.74. The number of carbonyl (C=O) groups is 2. The van der Waals surface area contributed by atoms with Crippen LogP contribution in [-0.2, 0) is 11.2 Å². The van der Waals surface area contributed by atoms with Crippen molar-refractivity contribution in [3.63, 3.8) is 0 Å². The molecule has 1 aromatic heterocycles. The highest BCUT2D eigenvalue weighted by molar-refractivity contribution is 6.03. The fourth-order valence-electron chi connectivity index (χ4n) is 2.60. The van der Waals surface area contributed by atoms with E-state index in [1.54, 1.807) is 43.5 Å². The van der Waals surface area contributed by atoms with Crippen molar-refractivity contribution in [3.8, 4) is 5.75 Å². The molecule has 6 heteroatoms. The molecule has 0 atom stereocenters. The van der Waals surface area contributed by atoms with E-state index >= 15 is 0 Å². The average molecular weight is 375 g/mol. The Morgan fingerprint density at radius 2 is 1.68 bits per heavy atom. The minimum atomic E-state index is -0.269. The van der Waals surface area contributed by atoms with Gasteiger partial charge in [0, 0.05) is 12.0 Å². The molecule has 0 unspecified atom stereocenters. The molecule has 3 aromatic rings. The second-order valence-corrected chi connectivity index (χ2v) is 6.15. The van der Waals surface area contributed by atoms with Gasteiger partial charge >= 0.3 is 0 Å². The zero-order valence-corrected chi connectivity index (χ0v) is 15.5. The number of pyridine rings is 1. The smallest absolute Gasteiger partial charge is 0.256 e. The van der Waals surface area contributed by atoms with Gasteiger partial charge in [-0.2, -0.15) is 0 Å². The molecule has 2 N–H and O–H groups in total. The summed E-state index contributed by atoms with van der Waals surface area (Å²) in [5.74, 6) is 0.737. The molecule has 2 amide bonds. The van der Waals surface area contributed by atoms with Crippen molar-refractivity contribution in [1.29, 1.82) is 0 Å². The van der Waals surface area contributed by atoms with E-state index < -0.39 is 0 Å². The second kappa shape index (κ2) is 9.32. The van der Waals surface area contributed by atoms with Crippen LogP contribution in [0.3, 0.4) is 0 Å². The predicted molar refractivity (Wildman–Crippen MR) is 109 cm³/mol. The molecular weight excluding hydrogens is 354 g/mol. The summed E-state index contributed by atoms with van der Waals surface area (Å²) in [5.41, 5.74) is 2.20. The lowest BCUT2D eigenvalue weighted by atomic mass is 10.1. The van der Waals surface area contributed by atoms with Crippen LogP contribution < -0.4 is 15.4 Å². The number of hydrogen-bond donors (Lipinski definition) is 2. The summed E-state index contributed by atoms with van der Waals surface area (Å²) in [7, 11) is 1.57. The number of aromatic nitrogens is 1. The zero-order valence-electron chi connectivity index (χ0n) is 15.5. The van der Waals surface area contributed by atoms with Crippen molar-refractivity contribution in [3.05, 3.63) is 84.1 Å². The molecule has 2 aromatic carbocycles. The Labute approximate surface area is 163 Å². The lowest BCUT2D eigenvalue weighted by Crippen LogP contribution is -2.14. The van der Waals surface area contributed by atoms with E-state index in [1.807, 2.05) is 30.3 Å². The number of carbonyl (C=O) groups excluding carboxylic acids is 2. The first-order chi connectivity index (χ1) is 13.6. The number of nitrogens with zero attached hydrogens (tertiary/aromatic N) is 1.